The lowest BCUT2D eigenvalue weighted by atomic mass is 10.1. The molecular weight excluding hydrogens is 243 g/mol. The van der Waals surface area contributed by atoms with E-state index in [1.165, 1.54) is 0 Å². The van der Waals surface area contributed by atoms with Gasteiger partial charge in [-0.15, -0.1) is 11.6 Å². The van der Waals surface area contributed by atoms with Crippen molar-refractivity contribution in [2.24, 2.45) is 11.8 Å². The third-order valence-corrected chi connectivity index (χ3v) is 2.92. The van der Waals surface area contributed by atoms with Crippen molar-refractivity contribution in [3.8, 4) is 0 Å². The van der Waals surface area contributed by atoms with Gasteiger partial charge in [0.2, 0.25) is 5.91 Å². The van der Waals surface area contributed by atoms with Crippen LogP contribution in [0, 0.1) is 11.8 Å². The number of carbonyl (C=O) groups excluding carboxylic acids is 1. The predicted molar refractivity (Wildman–Crippen MR) is 55.2 cm³/mol. The molecule has 1 atom stereocenters. The molecule has 1 aliphatic rings. The smallest absolute Gasteiger partial charge is 0.332 e. The molecule has 1 amide bonds. The Morgan fingerprint density at radius 1 is 1.50 bits per heavy atom. The molecule has 0 aliphatic heterocycles. The van der Waals surface area contributed by atoms with Crippen molar-refractivity contribution in [1.82, 2.24) is 4.90 Å². The van der Waals surface area contributed by atoms with Crippen LogP contribution in [0.5, 0.6) is 0 Å². The van der Waals surface area contributed by atoms with Gasteiger partial charge in [0.15, 0.2) is 0 Å². The molecule has 1 rings (SSSR count). The minimum absolute atomic E-state index is 0.0270. The van der Waals surface area contributed by atoms with Gasteiger partial charge in [-0.05, 0) is 18.8 Å². The molecule has 16 heavy (non-hydrogen) atoms. The highest BCUT2D eigenvalue weighted by atomic mass is 35.5. The van der Waals surface area contributed by atoms with Gasteiger partial charge in [0, 0.05) is 18.3 Å². The highest BCUT2D eigenvalue weighted by Gasteiger charge is 2.38. The van der Waals surface area contributed by atoms with Crippen molar-refractivity contribution in [3.63, 3.8) is 0 Å². The summed E-state index contributed by atoms with van der Waals surface area (Å²) in [6.45, 7) is 0.449. The Morgan fingerprint density at radius 2 is 2.06 bits per heavy atom. The van der Waals surface area contributed by atoms with Crippen molar-refractivity contribution in [1.29, 1.82) is 0 Å². The second kappa shape index (κ2) is 5.25. The summed E-state index contributed by atoms with van der Waals surface area (Å²) in [7, 11) is 0. The third-order valence-electron chi connectivity index (χ3n) is 2.75. The summed E-state index contributed by atoms with van der Waals surface area (Å²) in [5.41, 5.74) is 0. The van der Waals surface area contributed by atoms with Crippen LogP contribution in [0.1, 0.15) is 19.8 Å². The van der Waals surface area contributed by atoms with Crippen LogP contribution in [-0.4, -0.2) is 36.0 Å². The Bertz CT molecular complexity index is 253. The van der Waals surface area contributed by atoms with Gasteiger partial charge in [0.1, 0.15) is 6.54 Å². The lowest BCUT2D eigenvalue weighted by molar-refractivity contribution is -0.163. The van der Waals surface area contributed by atoms with Crippen molar-refractivity contribution in [3.05, 3.63) is 0 Å². The molecule has 1 fully saturated rings. The first-order valence-corrected chi connectivity index (χ1v) is 5.80. The summed E-state index contributed by atoms with van der Waals surface area (Å²) in [6.07, 6.45) is -2.48. The van der Waals surface area contributed by atoms with Crippen LogP contribution in [0.15, 0.2) is 0 Å². The summed E-state index contributed by atoms with van der Waals surface area (Å²) in [5, 5.41) is 0. The van der Waals surface area contributed by atoms with Crippen LogP contribution in [0.2, 0.25) is 0 Å². The molecular formula is C10H15ClF3NO. The topological polar surface area (TPSA) is 20.3 Å². The second-order valence-electron chi connectivity index (χ2n) is 4.19. The standard InChI is InChI=1S/C10H15ClF3NO/c1-7(8-2-3-8)9(16)15(5-4-11)6-10(12,13)14/h7-8H,2-6H2,1H3. The van der Waals surface area contributed by atoms with E-state index in [-0.39, 0.29) is 24.3 Å². The summed E-state index contributed by atoms with van der Waals surface area (Å²) in [4.78, 5) is 12.6. The number of rotatable bonds is 5. The fourth-order valence-electron chi connectivity index (χ4n) is 1.67. The molecule has 0 bridgehead atoms. The van der Waals surface area contributed by atoms with E-state index in [2.05, 4.69) is 0 Å². The molecule has 6 heteroatoms. The molecule has 0 heterocycles. The van der Waals surface area contributed by atoms with Crippen LogP contribution in [0.25, 0.3) is 0 Å². The SMILES string of the molecule is CC(C(=O)N(CCCl)CC(F)(F)F)C1CC1. The minimum Gasteiger partial charge on any atom is -0.332 e. The van der Waals surface area contributed by atoms with E-state index in [1.54, 1.807) is 6.92 Å². The van der Waals surface area contributed by atoms with E-state index in [0.717, 1.165) is 17.7 Å². The summed E-state index contributed by atoms with van der Waals surface area (Å²) in [6, 6.07) is 0. The summed E-state index contributed by atoms with van der Waals surface area (Å²) >= 11 is 5.41. The van der Waals surface area contributed by atoms with E-state index in [1.807, 2.05) is 0 Å². The van der Waals surface area contributed by atoms with Gasteiger partial charge in [0.05, 0.1) is 0 Å². The number of carbonyl (C=O) groups is 1. The fraction of sp³-hybridized carbons (Fsp3) is 0.900. The van der Waals surface area contributed by atoms with Crippen LogP contribution in [0.4, 0.5) is 13.2 Å². The minimum atomic E-state index is -4.36. The lowest BCUT2D eigenvalue weighted by Crippen LogP contribution is -2.43. The summed E-state index contributed by atoms with van der Waals surface area (Å²) in [5.74, 6) is -0.455. The average molecular weight is 258 g/mol. The number of nitrogens with zero attached hydrogens (tertiary/aromatic N) is 1. The number of alkyl halides is 4. The quantitative estimate of drug-likeness (QED) is 0.694. The maximum Gasteiger partial charge on any atom is 0.406 e. The zero-order valence-electron chi connectivity index (χ0n) is 9.06. The molecule has 0 spiro atoms. The maximum atomic E-state index is 12.2. The first-order valence-electron chi connectivity index (χ1n) is 5.26. The van der Waals surface area contributed by atoms with E-state index >= 15 is 0 Å². The highest BCUT2D eigenvalue weighted by Crippen LogP contribution is 2.37. The van der Waals surface area contributed by atoms with Crippen LogP contribution in [-0.2, 0) is 4.79 Å². The van der Waals surface area contributed by atoms with E-state index < -0.39 is 18.6 Å². The molecule has 0 aromatic heterocycles. The van der Waals surface area contributed by atoms with Gasteiger partial charge in [0.25, 0.3) is 0 Å². The molecule has 94 valence electrons. The normalized spacial score (nSPS) is 18.3. The van der Waals surface area contributed by atoms with Gasteiger partial charge < -0.3 is 4.90 Å². The molecule has 1 saturated carbocycles. The van der Waals surface area contributed by atoms with Gasteiger partial charge in [-0.1, -0.05) is 6.92 Å². The molecule has 1 unspecified atom stereocenters. The Balaban J connectivity index is 2.57. The summed E-state index contributed by atoms with van der Waals surface area (Å²) < 4.78 is 36.7. The van der Waals surface area contributed by atoms with Gasteiger partial charge in [-0.3, -0.25) is 4.79 Å². The second-order valence-corrected chi connectivity index (χ2v) is 4.57. The number of hydrogen-bond donors (Lipinski definition) is 0. The number of amides is 1. The Morgan fingerprint density at radius 3 is 2.44 bits per heavy atom. The monoisotopic (exact) mass is 257 g/mol. The van der Waals surface area contributed by atoms with E-state index in [0.29, 0.717) is 0 Å². The number of halogens is 4. The molecule has 0 radical (unpaired) electrons. The van der Waals surface area contributed by atoms with Crippen LogP contribution in [0.3, 0.4) is 0 Å². The lowest BCUT2D eigenvalue weighted by Gasteiger charge is -2.26. The zero-order chi connectivity index (χ0) is 12.3. The zero-order valence-corrected chi connectivity index (χ0v) is 9.81. The van der Waals surface area contributed by atoms with Crippen molar-refractivity contribution in [2.45, 2.75) is 25.9 Å². The third kappa shape index (κ3) is 4.20. The fourth-order valence-corrected chi connectivity index (χ4v) is 1.88. The molecule has 0 saturated heterocycles. The molecule has 0 aromatic carbocycles. The molecule has 0 aromatic rings. The Labute approximate surface area is 97.7 Å². The van der Waals surface area contributed by atoms with Crippen molar-refractivity contribution >= 4 is 17.5 Å². The van der Waals surface area contributed by atoms with Crippen molar-refractivity contribution < 1.29 is 18.0 Å². The average Bonchev–Trinajstić information content (AvgIpc) is 2.96. The highest BCUT2D eigenvalue weighted by molar-refractivity contribution is 6.18. The Kier molecular flexibility index (Phi) is 4.47. The Hall–Kier alpha value is -0.450. The van der Waals surface area contributed by atoms with Crippen molar-refractivity contribution in [2.75, 3.05) is 19.0 Å². The predicted octanol–water partition coefficient (Wildman–Crippen LogP) is 2.66. The van der Waals surface area contributed by atoms with Gasteiger partial charge in [-0.25, -0.2) is 0 Å². The molecule has 0 N–H and O–H groups in total. The first kappa shape index (κ1) is 13.6. The molecule has 1 aliphatic carbocycles. The molecule has 2 nitrogen and oxygen atoms in total. The van der Waals surface area contributed by atoms with E-state index in [4.69, 9.17) is 11.6 Å². The largest absolute Gasteiger partial charge is 0.406 e. The number of hydrogen-bond acceptors (Lipinski definition) is 1. The van der Waals surface area contributed by atoms with Crippen LogP contribution >= 0.6 is 11.6 Å². The maximum absolute atomic E-state index is 12.2. The van der Waals surface area contributed by atoms with Gasteiger partial charge in [-0.2, -0.15) is 13.2 Å². The first-order chi connectivity index (χ1) is 7.35. The van der Waals surface area contributed by atoms with Gasteiger partial charge >= 0.3 is 6.18 Å². The van der Waals surface area contributed by atoms with E-state index in [9.17, 15) is 18.0 Å². The van der Waals surface area contributed by atoms with Crippen LogP contribution < -0.4 is 0 Å².